The van der Waals surface area contributed by atoms with Gasteiger partial charge in [0.15, 0.2) is 17.3 Å². The Labute approximate surface area is 207 Å². The van der Waals surface area contributed by atoms with Crippen LogP contribution in [0.2, 0.25) is 5.02 Å². The van der Waals surface area contributed by atoms with Gasteiger partial charge < -0.3 is 24.7 Å². The van der Waals surface area contributed by atoms with E-state index in [0.29, 0.717) is 54.1 Å². The third-order valence-corrected chi connectivity index (χ3v) is 6.11. The number of ether oxygens (including phenoxy) is 4. The first-order chi connectivity index (χ1) is 16.8. The number of allylic oxidation sites excluding steroid dienone is 2. The molecule has 1 aliphatic heterocycles. The Kier molecular flexibility index (Phi) is 7.31. The van der Waals surface area contributed by atoms with E-state index in [2.05, 4.69) is 0 Å². The Morgan fingerprint density at radius 2 is 2.03 bits per heavy atom. The third-order valence-electron chi connectivity index (χ3n) is 5.83. The van der Waals surface area contributed by atoms with Crippen LogP contribution in [0, 0.1) is 5.82 Å². The predicted molar refractivity (Wildman–Crippen MR) is 126 cm³/mol. The van der Waals surface area contributed by atoms with E-state index in [1.54, 1.807) is 31.2 Å². The van der Waals surface area contributed by atoms with Crippen LogP contribution in [0.5, 0.6) is 11.5 Å². The van der Waals surface area contributed by atoms with Crippen molar-refractivity contribution >= 4 is 23.4 Å². The highest BCUT2D eigenvalue weighted by Crippen LogP contribution is 2.47. The molecule has 0 unspecified atom stereocenters. The quantitative estimate of drug-likeness (QED) is 0.538. The smallest absolute Gasteiger partial charge is 0.340 e. The maximum atomic E-state index is 13.6. The highest BCUT2D eigenvalue weighted by Gasteiger charge is 2.41. The van der Waals surface area contributed by atoms with Gasteiger partial charge in [-0.15, -0.1) is 0 Å². The van der Waals surface area contributed by atoms with Gasteiger partial charge in [0.1, 0.15) is 23.8 Å². The maximum absolute atomic E-state index is 13.6. The van der Waals surface area contributed by atoms with Crippen LogP contribution in [0.4, 0.5) is 4.39 Å². The van der Waals surface area contributed by atoms with E-state index < -0.39 is 11.9 Å². The minimum atomic E-state index is -0.840. The molecule has 0 aromatic heterocycles. The molecule has 4 rings (SSSR count). The highest BCUT2D eigenvalue weighted by molar-refractivity contribution is 6.32. The average Bonchev–Trinajstić information content (AvgIpc) is 2.82. The van der Waals surface area contributed by atoms with E-state index in [-0.39, 0.29) is 40.4 Å². The molecule has 1 atom stereocenters. The minimum Gasteiger partial charge on any atom is -0.490 e. The molecule has 2 aliphatic rings. The van der Waals surface area contributed by atoms with Crippen molar-refractivity contribution in [2.24, 2.45) is 5.73 Å². The first-order valence-electron chi connectivity index (χ1n) is 11.2. The molecule has 9 heteroatoms. The van der Waals surface area contributed by atoms with Crippen molar-refractivity contribution < 1.29 is 32.9 Å². The zero-order valence-electron chi connectivity index (χ0n) is 19.4. The van der Waals surface area contributed by atoms with Gasteiger partial charge >= 0.3 is 5.97 Å². The highest BCUT2D eigenvalue weighted by atomic mass is 35.5. The fourth-order valence-electron chi connectivity index (χ4n) is 4.34. The lowest BCUT2D eigenvalue weighted by atomic mass is 9.77. The lowest BCUT2D eigenvalue weighted by Crippen LogP contribution is -2.31. The van der Waals surface area contributed by atoms with Gasteiger partial charge in [-0.1, -0.05) is 23.7 Å². The van der Waals surface area contributed by atoms with E-state index in [1.807, 2.05) is 0 Å². The van der Waals surface area contributed by atoms with Crippen molar-refractivity contribution in [3.8, 4) is 11.5 Å². The van der Waals surface area contributed by atoms with E-state index in [4.69, 9.17) is 36.3 Å². The summed E-state index contributed by atoms with van der Waals surface area (Å²) >= 11 is 6.62. The van der Waals surface area contributed by atoms with Crippen molar-refractivity contribution in [1.82, 2.24) is 0 Å². The summed E-state index contributed by atoms with van der Waals surface area (Å²) in [4.78, 5) is 25.6. The molecule has 184 valence electrons. The minimum absolute atomic E-state index is 0.0217. The van der Waals surface area contributed by atoms with Crippen LogP contribution in [-0.4, -0.2) is 25.5 Å². The Balaban J connectivity index is 1.79. The molecular weight excluding hydrogens is 477 g/mol. The lowest BCUT2D eigenvalue weighted by Gasteiger charge is -2.32. The van der Waals surface area contributed by atoms with Crippen LogP contribution in [0.25, 0.3) is 0 Å². The molecular formula is C26H25ClFNO6. The predicted octanol–water partition coefficient (Wildman–Crippen LogP) is 4.92. The molecule has 2 aromatic carbocycles. The molecule has 0 saturated heterocycles. The van der Waals surface area contributed by atoms with Gasteiger partial charge in [-0.25, -0.2) is 9.18 Å². The van der Waals surface area contributed by atoms with Crippen LogP contribution in [0.1, 0.15) is 43.2 Å². The monoisotopic (exact) mass is 501 g/mol. The number of halogens is 2. The topological polar surface area (TPSA) is 97.1 Å². The number of Topliss-reactive ketones (excluding diaryl/α,β-unsaturated/α-hetero) is 1. The van der Waals surface area contributed by atoms with Gasteiger partial charge in [0.25, 0.3) is 0 Å². The number of esters is 1. The summed E-state index contributed by atoms with van der Waals surface area (Å²) in [5.74, 6) is -1.16. The Morgan fingerprint density at radius 1 is 1.23 bits per heavy atom. The summed E-state index contributed by atoms with van der Waals surface area (Å²) < 4.78 is 35.9. The van der Waals surface area contributed by atoms with Gasteiger partial charge in [0.2, 0.25) is 5.88 Å². The van der Waals surface area contributed by atoms with Gasteiger partial charge in [-0.3, -0.25) is 4.79 Å². The van der Waals surface area contributed by atoms with Crippen LogP contribution in [-0.2, 0) is 25.7 Å². The van der Waals surface area contributed by atoms with Gasteiger partial charge in [0.05, 0.1) is 24.7 Å². The van der Waals surface area contributed by atoms with Gasteiger partial charge in [-0.05, 0) is 48.7 Å². The van der Waals surface area contributed by atoms with Crippen LogP contribution < -0.4 is 15.2 Å². The largest absolute Gasteiger partial charge is 0.490 e. The first kappa shape index (κ1) is 24.6. The maximum Gasteiger partial charge on any atom is 0.340 e. The van der Waals surface area contributed by atoms with E-state index in [0.717, 1.165) is 0 Å². The molecule has 0 amide bonds. The summed E-state index contributed by atoms with van der Waals surface area (Å²) in [5.41, 5.74) is 7.62. The fraction of sp³-hybridized carbons (Fsp3) is 0.308. The zero-order chi connectivity index (χ0) is 25.1. The number of hydrogen-bond donors (Lipinski definition) is 1. The molecule has 0 bridgehead atoms. The van der Waals surface area contributed by atoms with E-state index in [1.165, 1.54) is 19.2 Å². The first-order valence-corrected chi connectivity index (χ1v) is 11.6. The normalized spacial score (nSPS) is 17.6. The molecule has 0 radical (unpaired) electrons. The average molecular weight is 502 g/mol. The third kappa shape index (κ3) is 4.98. The second kappa shape index (κ2) is 10.4. The number of benzene rings is 2. The summed E-state index contributed by atoms with van der Waals surface area (Å²) in [6, 6.07) is 9.29. The van der Waals surface area contributed by atoms with Crippen molar-refractivity contribution in [2.75, 3.05) is 13.7 Å². The summed E-state index contributed by atoms with van der Waals surface area (Å²) in [6.45, 7) is 2.16. The second-order valence-electron chi connectivity index (χ2n) is 8.10. The molecule has 1 aliphatic carbocycles. The van der Waals surface area contributed by atoms with Crippen molar-refractivity contribution in [3.05, 3.63) is 81.2 Å². The van der Waals surface area contributed by atoms with Gasteiger partial charge in [0, 0.05) is 18.4 Å². The van der Waals surface area contributed by atoms with Crippen LogP contribution >= 0.6 is 11.6 Å². The van der Waals surface area contributed by atoms with Crippen molar-refractivity contribution in [2.45, 2.75) is 38.7 Å². The second-order valence-corrected chi connectivity index (χ2v) is 8.51. The molecule has 0 spiro atoms. The molecule has 0 saturated carbocycles. The van der Waals surface area contributed by atoms with Crippen molar-refractivity contribution in [3.63, 3.8) is 0 Å². The molecule has 2 aromatic rings. The Hall–Kier alpha value is -3.52. The van der Waals surface area contributed by atoms with Crippen LogP contribution in [0.15, 0.2) is 59.2 Å². The fourth-order valence-corrected chi connectivity index (χ4v) is 4.61. The molecule has 1 heterocycles. The summed E-state index contributed by atoms with van der Waals surface area (Å²) in [6.07, 6.45) is 1.48. The molecule has 0 fully saturated rings. The number of methoxy groups -OCH3 is 1. The number of hydrogen-bond acceptors (Lipinski definition) is 7. The Morgan fingerprint density at radius 3 is 2.74 bits per heavy atom. The number of ketones is 1. The van der Waals surface area contributed by atoms with Gasteiger partial charge in [-0.2, -0.15) is 0 Å². The summed E-state index contributed by atoms with van der Waals surface area (Å²) in [5, 5.41) is 0.196. The van der Waals surface area contributed by atoms with E-state index >= 15 is 0 Å². The zero-order valence-corrected chi connectivity index (χ0v) is 20.1. The lowest BCUT2D eigenvalue weighted by molar-refractivity contribution is -0.136. The SMILES string of the molecule is CCOc1cc([C@H]2C(C(=O)OC)=C(N)OC3=C2C(=O)CCC3)cc(Cl)c1OCc1cccc(F)c1. The summed E-state index contributed by atoms with van der Waals surface area (Å²) in [7, 11) is 1.23. The standard InChI is InChI=1S/C26H25ClFNO6/c1-3-33-20-12-15(11-17(27)24(20)34-13-14-6-4-7-16(28)10-14)21-22-18(30)8-5-9-19(22)35-25(29)23(21)26(31)32-2/h4,6-7,10-12,21H,3,5,8-9,13,29H2,1-2H3/t21-/m1/s1. The van der Waals surface area contributed by atoms with Crippen molar-refractivity contribution in [1.29, 1.82) is 0 Å². The molecule has 7 nitrogen and oxygen atoms in total. The number of rotatable bonds is 7. The molecule has 35 heavy (non-hydrogen) atoms. The van der Waals surface area contributed by atoms with Crippen LogP contribution in [0.3, 0.4) is 0 Å². The number of carbonyl (C=O) groups excluding carboxylic acids is 2. The van der Waals surface area contributed by atoms with E-state index in [9.17, 15) is 14.0 Å². The Bertz CT molecular complexity index is 1240. The molecule has 2 N–H and O–H groups in total. The number of nitrogens with two attached hydrogens (primary N) is 1. The number of carbonyl (C=O) groups is 2.